The highest BCUT2D eigenvalue weighted by Gasteiger charge is 2.20. The average Bonchev–Trinajstić information content (AvgIpc) is 2.84. The Balaban J connectivity index is 2.20. The van der Waals surface area contributed by atoms with Gasteiger partial charge in [0.05, 0.1) is 19.8 Å². The molecule has 4 heteroatoms. The second-order valence-electron chi connectivity index (χ2n) is 4.28. The minimum Gasteiger partial charge on any atom is -0.493 e. The smallest absolute Gasteiger partial charge is 0.167 e. The van der Waals surface area contributed by atoms with Crippen molar-refractivity contribution in [3.8, 4) is 11.5 Å². The number of nitrogens with two attached hydrogens (primary N) is 1. The molecule has 0 spiro atoms. The van der Waals surface area contributed by atoms with E-state index in [0.717, 1.165) is 29.9 Å². The summed E-state index contributed by atoms with van der Waals surface area (Å²) in [6.07, 6.45) is 5.00. The Morgan fingerprint density at radius 1 is 1.29 bits per heavy atom. The van der Waals surface area contributed by atoms with Gasteiger partial charge in [-0.05, 0) is 31.7 Å². The van der Waals surface area contributed by atoms with Gasteiger partial charge < -0.3 is 9.47 Å². The van der Waals surface area contributed by atoms with Crippen LogP contribution >= 0.6 is 0 Å². The van der Waals surface area contributed by atoms with E-state index >= 15 is 0 Å². The fourth-order valence-corrected chi connectivity index (χ4v) is 2.23. The predicted molar refractivity (Wildman–Crippen MR) is 64.9 cm³/mol. The third kappa shape index (κ3) is 2.90. The molecule has 0 atom stereocenters. The van der Waals surface area contributed by atoms with Crippen molar-refractivity contribution in [2.45, 2.75) is 38.4 Å². The highest BCUT2D eigenvalue weighted by atomic mass is 16.6. The third-order valence-electron chi connectivity index (χ3n) is 3.11. The van der Waals surface area contributed by atoms with Gasteiger partial charge in [-0.3, -0.25) is 4.84 Å². The maximum absolute atomic E-state index is 6.02. The van der Waals surface area contributed by atoms with E-state index in [4.69, 9.17) is 20.2 Å². The SMILES string of the molecule is COc1cccc(CON)c1OC1CCCC1. The topological polar surface area (TPSA) is 53.7 Å². The van der Waals surface area contributed by atoms with Crippen LogP contribution in [0.25, 0.3) is 0 Å². The molecule has 0 bridgehead atoms. The first-order valence-corrected chi connectivity index (χ1v) is 5.99. The summed E-state index contributed by atoms with van der Waals surface area (Å²) in [7, 11) is 1.64. The van der Waals surface area contributed by atoms with E-state index in [1.807, 2.05) is 18.2 Å². The quantitative estimate of drug-likeness (QED) is 0.799. The Morgan fingerprint density at radius 3 is 2.71 bits per heavy atom. The van der Waals surface area contributed by atoms with Gasteiger partial charge in [-0.1, -0.05) is 12.1 Å². The molecule has 1 fully saturated rings. The first-order chi connectivity index (χ1) is 8.35. The van der Waals surface area contributed by atoms with Gasteiger partial charge in [0.1, 0.15) is 0 Å². The standard InChI is InChI=1S/C13H19NO3/c1-15-12-8-4-5-10(9-16-14)13(12)17-11-6-2-3-7-11/h4-5,8,11H,2-3,6-7,9,14H2,1H3. The van der Waals surface area contributed by atoms with E-state index < -0.39 is 0 Å². The highest BCUT2D eigenvalue weighted by Crippen LogP contribution is 2.34. The van der Waals surface area contributed by atoms with Gasteiger partial charge in [0.15, 0.2) is 11.5 Å². The first-order valence-electron chi connectivity index (χ1n) is 5.99. The zero-order valence-electron chi connectivity index (χ0n) is 10.1. The van der Waals surface area contributed by atoms with Gasteiger partial charge in [-0.2, -0.15) is 0 Å². The van der Waals surface area contributed by atoms with Crippen LogP contribution in [-0.2, 0) is 11.4 Å². The summed E-state index contributed by atoms with van der Waals surface area (Å²) in [5, 5.41) is 0. The van der Waals surface area contributed by atoms with Crippen LogP contribution in [0.1, 0.15) is 31.2 Å². The lowest BCUT2D eigenvalue weighted by atomic mass is 10.2. The monoisotopic (exact) mass is 237 g/mol. The molecule has 0 heterocycles. The van der Waals surface area contributed by atoms with Crippen LogP contribution in [0.5, 0.6) is 11.5 Å². The summed E-state index contributed by atoms with van der Waals surface area (Å²) < 4.78 is 11.3. The summed E-state index contributed by atoms with van der Waals surface area (Å²) in [4.78, 5) is 4.70. The van der Waals surface area contributed by atoms with Gasteiger partial charge in [0, 0.05) is 5.56 Å². The van der Waals surface area contributed by atoms with Crippen LogP contribution in [0.15, 0.2) is 18.2 Å². The largest absolute Gasteiger partial charge is 0.493 e. The number of hydrogen-bond acceptors (Lipinski definition) is 4. The van der Waals surface area contributed by atoms with Crippen LogP contribution in [0.3, 0.4) is 0 Å². The molecule has 0 radical (unpaired) electrons. The predicted octanol–water partition coefficient (Wildman–Crippen LogP) is 2.41. The van der Waals surface area contributed by atoms with E-state index in [-0.39, 0.29) is 0 Å². The minimum absolute atomic E-state index is 0.294. The molecule has 0 saturated heterocycles. The fourth-order valence-electron chi connectivity index (χ4n) is 2.23. The maximum Gasteiger partial charge on any atom is 0.167 e. The number of benzene rings is 1. The highest BCUT2D eigenvalue weighted by molar-refractivity contribution is 5.46. The summed E-state index contributed by atoms with van der Waals surface area (Å²) in [5.41, 5.74) is 0.929. The zero-order valence-corrected chi connectivity index (χ0v) is 10.1. The van der Waals surface area contributed by atoms with Crippen molar-refractivity contribution >= 4 is 0 Å². The molecule has 1 saturated carbocycles. The van der Waals surface area contributed by atoms with Gasteiger partial charge >= 0.3 is 0 Å². The van der Waals surface area contributed by atoms with Gasteiger partial charge in [0.2, 0.25) is 0 Å². The molecule has 4 nitrogen and oxygen atoms in total. The van der Waals surface area contributed by atoms with Gasteiger partial charge in [0.25, 0.3) is 0 Å². The van der Waals surface area contributed by atoms with Gasteiger partial charge in [-0.15, -0.1) is 0 Å². The van der Waals surface area contributed by atoms with E-state index in [1.165, 1.54) is 12.8 Å². The molecule has 0 unspecified atom stereocenters. The molecule has 2 N–H and O–H groups in total. The lowest BCUT2D eigenvalue weighted by Gasteiger charge is -2.18. The van der Waals surface area contributed by atoms with E-state index in [1.54, 1.807) is 7.11 Å². The Bertz CT molecular complexity index is 362. The normalized spacial score (nSPS) is 16.1. The van der Waals surface area contributed by atoms with Crippen LogP contribution in [-0.4, -0.2) is 13.2 Å². The molecule has 0 aliphatic heterocycles. The maximum atomic E-state index is 6.02. The molecule has 1 aliphatic rings. The Hall–Kier alpha value is -1.26. The molecule has 1 aromatic rings. The van der Waals surface area contributed by atoms with Crippen molar-refractivity contribution < 1.29 is 14.3 Å². The van der Waals surface area contributed by atoms with Crippen LogP contribution in [0, 0.1) is 0 Å². The summed E-state index contributed by atoms with van der Waals surface area (Å²) >= 11 is 0. The molecule has 1 aromatic carbocycles. The molecule has 0 amide bonds. The number of ether oxygens (including phenoxy) is 2. The molecular weight excluding hydrogens is 218 g/mol. The first kappa shape index (κ1) is 12.2. The lowest BCUT2D eigenvalue weighted by molar-refractivity contribution is 0.117. The number of para-hydroxylation sites is 1. The van der Waals surface area contributed by atoms with E-state index in [2.05, 4.69) is 0 Å². The molecule has 17 heavy (non-hydrogen) atoms. The van der Waals surface area contributed by atoms with Crippen LogP contribution in [0.4, 0.5) is 0 Å². The Kier molecular flexibility index (Phi) is 4.23. The van der Waals surface area contributed by atoms with Crippen molar-refractivity contribution in [1.29, 1.82) is 0 Å². The Morgan fingerprint density at radius 2 is 2.06 bits per heavy atom. The van der Waals surface area contributed by atoms with Crippen molar-refractivity contribution in [3.63, 3.8) is 0 Å². The average molecular weight is 237 g/mol. The van der Waals surface area contributed by atoms with Crippen LogP contribution in [0.2, 0.25) is 0 Å². The van der Waals surface area contributed by atoms with Crippen molar-refractivity contribution in [3.05, 3.63) is 23.8 Å². The minimum atomic E-state index is 0.294. The van der Waals surface area contributed by atoms with E-state index in [9.17, 15) is 0 Å². The van der Waals surface area contributed by atoms with Gasteiger partial charge in [-0.25, -0.2) is 5.90 Å². The number of rotatable bonds is 5. The van der Waals surface area contributed by atoms with Crippen molar-refractivity contribution in [1.82, 2.24) is 0 Å². The van der Waals surface area contributed by atoms with Crippen LogP contribution < -0.4 is 15.4 Å². The third-order valence-corrected chi connectivity index (χ3v) is 3.11. The molecular formula is C13H19NO3. The fraction of sp³-hybridized carbons (Fsp3) is 0.538. The molecule has 94 valence electrons. The summed E-state index contributed by atoms with van der Waals surface area (Å²) in [5.74, 6) is 6.65. The molecule has 0 aromatic heterocycles. The molecule has 2 rings (SSSR count). The summed E-state index contributed by atoms with van der Waals surface area (Å²) in [6.45, 7) is 0.333. The second kappa shape index (κ2) is 5.89. The molecule has 1 aliphatic carbocycles. The van der Waals surface area contributed by atoms with Crippen molar-refractivity contribution in [2.24, 2.45) is 5.90 Å². The van der Waals surface area contributed by atoms with E-state index in [0.29, 0.717) is 12.7 Å². The van der Waals surface area contributed by atoms with Crippen molar-refractivity contribution in [2.75, 3.05) is 7.11 Å². The summed E-state index contributed by atoms with van der Waals surface area (Å²) in [6, 6.07) is 5.75. The number of hydrogen-bond donors (Lipinski definition) is 1. The second-order valence-corrected chi connectivity index (χ2v) is 4.28. The zero-order chi connectivity index (χ0) is 12.1. The lowest BCUT2D eigenvalue weighted by Crippen LogP contribution is -2.13. The Labute approximate surface area is 102 Å². The number of methoxy groups -OCH3 is 1.